The Balaban J connectivity index is 1.88. The Kier molecular flexibility index (Phi) is 3.14. The van der Waals surface area contributed by atoms with Gasteiger partial charge < -0.3 is 10.2 Å². The summed E-state index contributed by atoms with van der Waals surface area (Å²) < 4.78 is 1.59. The topological polar surface area (TPSA) is 78.1 Å². The van der Waals surface area contributed by atoms with Crippen molar-refractivity contribution in [1.29, 1.82) is 0 Å². The lowest BCUT2D eigenvalue weighted by Crippen LogP contribution is -2.24. The van der Waals surface area contributed by atoms with E-state index in [-0.39, 0.29) is 5.56 Å². The van der Waals surface area contributed by atoms with Gasteiger partial charge in [0, 0.05) is 36.8 Å². The van der Waals surface area contributed by atoms with Crippen LogP contribution < -0.4 is 5.56 Å². The van der Waals surface area contributed by atoms with Crippen LogP contribution in [0.4, 0.5) is 0 Å². The van der Waals surface area contributed by atoms with Gasteiger partial charge in [0.25, 0.3) is 5.56 Å². The van der Waals surface area contributed by atoms with Gasteiger partial charge in [-0.05, 0) is 6.92 Å². The smallest absolute Gasteiger partial charge is 0.259 e. The first-order chi connectivity index (χ1) is 9.04. The molecule has 3 rings (SSSR count). The zero-order valence-corrected chi connectivity index (χ0v) is 11.3. The lowest BCUT2D eigenvalue weighted by molar-refractivity contribution is 0.0572. The number of rotatable bonds is 2. The largest absolute Gasteiger partial charge is 0.389 e. The van der Waals surface area contributed by atoms with E-state index in [4.69, 9.17) is 0 Å². The van der Waals surface area contributed by atoms with E-state index in [1.165, 1.54) is 17.4 Å². The van der Waals surface area contributed by atoms with Gasteiger partial charge in [0.05, 0.1) is 17.9 Å². The van der Waals surface area contributed by atoms with E-state index in [2.05, 4.69) is 4.98 Å². The zero-order chi connectivity index (χ0) is 13.6. The van der Waals surface area contributed by atoms with Crippen molar-refractivity contribution in [3.8, 4) is 0 Å². The highest BCUT2D eigenvalue weighted by atomic mass is 32.1. The van der Waals surface area contributed by atoms with Crippen molar-refractivity contribution in [3.63, 3.8) is 0 Å². The van der Waals surface area contributed by atoms with Gasteiger partial charge in [0.2, 0.25) is 0 Å². The van der Waals surface area contributed by atoms with Gasteiger partial charge in [0.15, 0.2) is 4.96 Å². The highest BCUT2D eigenvalue weighted by molar-refractivity contribution is 7.15. The third kappa shape index (κ3) is 2.30. The first-order valence-electron chi connectivity index (χ1n) is 6.10. The number of aromatic nitrogens is 2. The second-order valence-corrected chi connectivity index (χ2v) is 5.75. The average Bonchev–Trinajstić information content (AvgIpc) is 2.84. The molecule has 1 aliphatic rings. The van der Waals surface area contributed by atoms with E-state index in [1.54, 1.807) is 4.40 Å². The summed E-state index contributed by atoms with van der Waals surface area (Å²) in [6.07, 6.45) is -1.43. The quantitative estimate of drug-likeness (QED) is 0.783. The summed E-state index contributed by atoms with van der Waals surface area (Å²) in [6.45, 7) is 3.16. The fourth-order valence-electron chi connectivity index (χ4n) is 2.39. The minimum atomic E-state index is -0.714. The van der Waals surface area contributed by atoms with Crippen LogP contribution in [-0.4, -0.2) is 49.8 Å². The minimum Gasteiger partial charge on any atom is -0.389 e. The Hall–Kier alpha value is -1.28. The maximum atomic E-state index is 12.0. The molecule has 0 aromatic carbocycles. The molecule has 7 heteroatoms. The molecule has 19 heavy (non-hydrogen) atoms. The van der Waals surface area contributed by atoms with Crippen LogP contribution >= 0.6 is 11.3 Å². The van der Waals surface area contributed by atoms with Crippen LogP contribution in [0.1, 0.15) is 11.4 Å². The fourth-order valence-corrected chi connectivity index (χ4v) is 3.28. The van der Waals surface area contributed by atoms with Crippen molar-refractivity contribution in [1.82, 2.24) is 14.3 Å². The highest BCUT2D eigenvalue weighted by Crippen LogP contribution is 2.15. The number of β-amino-alcohol motifs (C(OH)–C–C–N with tert-alkyl or cyclic N) is 2. The summed E-state index contributed by atoms with van der Waals surface area (Å²) in [6, 6.07) is 1.52. The normalized spacial score (nSPS) is 24.4. The van der Waals surface area contributed by atoms with Crippen molar-refractivity contribution in [2.75, 3.05) is 13.1 Å². The molecule has 0 unspecified atom stereocenters. The standard InChI is InChI=1S/C12H15N3O3S/c1-7-6-19-12-13-8(2-11(18)15(7)12)3-14-4-9(16)10(17)5-14/h2,6,9-10,16-17H,3-5H2,1H3/t9-,10+. The number of aliphatic hydroxyl groups is 2. The molecule has 0 spiro atoms. The van der Waals surface area contributed by atoms with Gasteiger partial charge in [-0.3, -0.25) is 14.1 Å². The van der Waals surface area contributed by atoms with Crippen molar-refractivity contribution in [2.24, 2.45) is 0 Å². The number of hydrogen-bond donors (Lipinski definition) is 2. The molecular weight excluding hydrogens is 266 g/mol. The second kappa shape index (κ2) is 4.68. The molecule has 0 aliphatic carbocycles. The number of thiazole rings is 1. The Bertz CT molecular complexity index is 656. The first kappa shape index (κ1) is 12.7. The van der Waals surface area contributed by atoms with E-state index < -0.39 is 12.2 Å². The molecule has 2 N–H and O–H groups in total. The number of hydrogen-bond acceptors (Lipinski definition) is 6. The van der Waals surface area contributed by atoms with Crippen molar-refractivity contribution < 1.29 is 10.2 Å². The van der Waals surface area contributed by atoms with E-state index in [9.17, 15) is 15.0 Å². The first-order valence-corrected chi connectivity index (χ1v) is 6.98. The van der Waals surface area contributed by atoms with Crippen LogP contribution in [0.25, 0.3) is 4.96 Å². The molecule has 0 saturated carbocycles. The van der Waals surface area contributed by atoms with E-state index in [1.807, 2.05) is 17.2 Å². The molecule has 0 bridgehead atoms. The Morgan fingerprint density at radius 1 is 1.42 bits per heavy atom. The fraction of sp³-hybridized carbons (Fsp3) is 0.500. The van der Waals surface area contributed by atoms with Gasteiger partial charge in [-0.15, -0.1) is 11.3 Å². The molecule has 2 aromatic rings. The number of nitrogens with zero attached hydrogens (tertiary/aromatic N) is 3. The molecule has 102 valence electrons. The monoisotopic (exact) mass is 281 g/mol. The molecule has 0 amide bonds. The van der Waals surface area contributed by atoms with Crippen LogP contribution in [0.5, 0.6) is 0 Å². The van der Waals surface area contributed by atoms with Crippen LogP contribution in [0.15, 0.2) is 16.2 Å². The molecule has 1 fully saturated rings. The highest BCUT2D eigenvalue weighted by Gasteiger charge is 2.29. The minimum absolute atomic E-state index is 0.0842. The SMILES string of the molecule is Cc1csc2nc(CN3C[C@@H](O)[C@@H](O)C3)cc(=O)n12. The molecule has 2 aromatic heterocycles. The second-order valence-electron chi connectivity index (χ2n) is 4.91. The number of fused-ring (bicyclic) bond motifs is 1. The molecular formula is C12H15N3O3S. The molecule has 6 nitrogen and oxygen atoms in total. The predicted octanol–water partition coefficient (Wildman–Crippen LogP) is -0.398. The maximum absolute atomic E-state index is 12.0. The van der Waals surface area contributed by atoms with Gasteiger partial charge in [-0.2, -0.15) is 0 Å². The summed E-state index contributed by atoms with van der Waals surface area (Å²) in [5, 5.41) is 20.9. The maximum Gasteiger partial charge on any atom is 0.259 e. The van der Waals surface area contributed by atoms with Gasteiger partial charge in [-0.1, -0.05) is 0 Å². The van der Waals surface area contributed by atoms with Crippen LogP contribution in [-0.2, 0) is 6.54 Å². The molecule has 3 heterocycles. The third-order valence-electron chi connectivity index (χ3n) is 3.35. The molecule has 0 radical (unpaired) electrons. The van der Waals surface area contributed by atoms with Crippen LogP contribution in [0, 0.1) is 6.92 Å². The summed E-state index contributed by atoms with van der Waals surface area (Å²) in [5.41, 5.74) is 1.48. The molecule has 2 atom stereocenters. The lowest BCUT2D eigenvalue weighted by Gasteiger charge is -2.13. The number of aryl methyl sites for hydroxylation is 1. The van der Waals surface area contributed by atoms with Crippen molar-refractivity contribution in [2.45, 2.75) is 25.7 Å². The Labute approximate surface area is 113 Å². The Morgan fingerprint density at radius 2 is 2.11 bits per heavy atom. The van der Waals surface area contributed by atoms with Gasteiger partial charge in [0.1, 0.15) is 0 Å². The molecule has 1 saturated heterocycles. The number of aliphatic hydroxyl groups excluding tert-OH is 2. The predicted molar refractivity (Wildman–Crippen MR) is 71.4 cm³/mol. The molecule has 1 aliphatic heterocycles. The number of likely N-dealkylation sites (tertiary alicyclic amines) is 1. The average molecular weight is 281 g/mol. The van der Waals surface area contributed by atoms with Gasteiger partial charge in [-0.25, -0.2) is 4.98 Å². The Morgan fingerprint density at radius 3 is 2.79 bits per heavy atom. The van der Waals surface area contributed by atoms with Crippen molar-refractivity contribution in [3.05, 3.63) is 33.2 Å². The zero-order valence-electron chi connectivity index (χ0n) is 10.5. The van der Waals surface area contributed by atoms with Crippen LogP contribution in [0.2, 0.25) is 0 Å². The van der Waals surface area contributed by atoms with Gasteiger partial charge >= 0.3 is 0 Å². The lowest BCUT2D eigenvalue weighted by atomic mass is 10.3. The van der Waals surface area contributed by atoms with Crippen LogP contribution in [0.3, 0.4) is 0 Å². The van der Waals surface area contributed by atoms with Crippen molar-refractivity contribution >= 4 is 16.3 Å². The van der Waals surface area contributed by atoms with E-state index in [0.29, 0.717) is 30.3 Å². The van der Waals surface area contributed by atoms with E-state index >= 15 is 0 Å². The summed E-state index contributed by atoms with van der Waals surface area (Å²) in [7, 11) is 0. The summed E-state index contributed by atoms with van der Waals surface area (Å²) in [5.74, 6) is 0. The summed E-state index contributed by atoms with van der Waals surface area (Å²) in [4.78, 5) is 19.0. The summed E-state index contributed by atoms with van der Waals surface area (Å²) >= 11 is 1.44. The third-order valence-corrected chi connectivity index (χ3v) is 4.29. The van der Waals surface area contributed by atoms with E-state index in [0.717, 1.165) is 5.69 Å².